The minimum absolute atomic E-state index is 0.213. The summed E-state index contributed by atoms with van der Waals surface area (Å²) >= 11 is 1.41. The molecule has 0 amide bonds. The fourth-order valence-corrected chi connectivity index (χ4v) is 1.50. The summed E-state index contributed by atoms with van der Waals surface area (Å²) in [5.41, 5.74) is 0.919. The number of benzene rings is 1. The largest absolute Gasteiger partial charge is 0.459 e. The minimum Gasteiger partial charge on any atom is -0.459 e. The van der Waals surface area contributed by atoms with Gasteiger partial charge in [0.05, 0.1) is 0 Å². The van der Waals surface area contributed by atoms with Gasteiger partial charge in [0.15, 0.2) is 6.10 Å². The number of aliphatic hydroxyl groups excluding tert-OH is 1. The molecule has 3 nitrogen and oxygen atoms in total. The van der Waals surface area contributed by atoms with Crippen LogP contribution >= 0.6 is 11.8 Å². The number of ether oxygens (including phenoxy) is 1. The Morgan fingerprint density at radius 1 is 1.47 bits per heavy atom. The monoisotopic (exact) mass is 226 g/mol. The first kappa shape index (κ1) is 12.1. The van der Waals surface area contributed by atoms with Crippen LogP contribution in [0.25, 0.3) is 0 Å². The summed E-state index contributed by atoms with van der Waals surface area (Å²) in [5.74, 6) is -0.193. The maximum absolute atomic E-state index is 11.2. The van der Waals surface area contributed by atoms with Gasteiger partial charge in [-0.1, -0.05) is 30.3 Å². The highest BCUT2D eigenvalue weighted by Crippen LogP contribution is 2.04. The van der Waals surface area contributed by atoms with Crippen LogP contribution in [-0.2, 0) is 16.1 Å². The van der Waals surface area contributed by atoms with E-state index in [-0.39, 0.29) is 6.61 Å². The summed E-state index contributed by atoms with van der Waals surface area (Å²) in [4.78, 5) is 11.2. The van der Waals surface area contributed by atoms with Crippen molar-refractivity contribution in [3.8, 4) is 0 Å². The van der Waals surface area contributed by atoms with Gasteiger partial charge in [-0.2, -0.15) is 11.8 Å². The molecular formula is C11H14O3S. The zero-order valence-corrected chi connectivity index (χ0v) is 9.37. The van der Waals surface area contributed by atoms with E-state index in [4.69, 9.17) is 4.74 Å². The first-order valence-corrected chi connectivity index (χ1v) is 6.01. The lowest BCUT2D eigenvalue weighted by atomic mass is 10.2. The number of rotatable bonds is 5. The summed E-state index contributed by atoms with van der Waals surface area (Å²) in [5, 5.41) is 9.30. The molecule has 0 radical (unpaired) electrons. The van der Waals surface area contributed by atoms with Gasteiger partial charge in [-0.05, 0) is 11.8 Å². The Labute approximate surface area is 93.4 Å². The SMILES string of the molecule is CSC[C@@H](O)C(=O)OCc1ccccc1. The zero-order chi connectivity index (χ0) is 11.1. The van der Waals surface area contributed by atoms with Crippen LogP contribution < -0.4 is 0 Å². The first-order valence-electron chi connectivity index (χ1n) is 4.61. The van der Waals surface area contributed by atoms with E-state index in [1.165, 1.54) is 11.8 Å². The van der Waals surface area contributed by atoms with Crippen LogP contribution in [0.15, 0.2) is 30.3 Å². The maximum atomic E-state index is 11.2. The van der Waals surface area contributed by atoms with Crippen LogP contribution in [-0.4, -0.2) is 29.2 Å². The third kappa shape index (κ3) is 4.36. The fraction of sp³-hybridized carbons (Fsp3) is 0.364. The van der Waals surface area contributed by atoms with Gasteiger partial charge in [0, 0.05) is 5.75 Å². The third-order valence-corrected chi connectivity index (χ3v) is 2.47. The van der Waals surface area contributed by atoms with Gasteiger partial charge in [-0.15, -0.1) is 0 Å². The molecule has 0 bridgehead atoms. The second-order valence-electron chi connectivity index (χ2n) is 3.06. The van der Waals surface area contributed by atoms with E-state index in [1.54, 1.807) is 0 Å². The number of aliphatic hydroxyl groups is 1. The Bertz CT molecular complexity index is 300. The molecule has 0 unspecified atom stereocenters. The summed E-state index contributed by atoms with van der Waals surface area (Å²) in [6, 6.07) is 9.39. The van der Waals surface area contributed by atoms with Crippen molar-refractivity contribution >= 4 is 17.7 Å². The van der Waals surface area contributed by atoms with Gasteiger partial charge in [-0.25, -0.2) is 4.79 Å². The zero-order valence-electron chi connectivity index (χ0n) is 8.55. The van der Waals surface area contributed by atoms with Crippen molar-refractivity contribution in [3.05, 3.63) is 35.9 Å². The van der Waals surface area contributed by atoms with Crippen molar-refractivity contribution in [1.82, 2.24) is 0 Å². The van der Waals surface area contributed by atoms with Gasteiger partial charge in [0.2, 0.25) is 0 Å². The van der Waals surface area contributed by atoms with Gasteiger partial charge in [0.1, 0.15) is 6.61 Å². The van der Waals surface area contributed by atoms with E-state index in [2.05, 4.69) is 0 Å². The second-order valence-corrected chi connectivity index (χ2v) is 3.98. The highest BCUT2D eigenvalue weighted by atomic mass is 32.2. The lowest BCUT2D eigenvalue weighted by molar-refractivity contribution is -0.153. The van der Waals surface area contributed by atoms with E-state index in [0.717, 1.165) is 5.56 Å². The number of hydrogen-bond donors (Lipinski definition) is 1. The third-order valence-electron chi connectivity index (χ3n) is 1.82. The van der Waals surface area contributed by atoms with Crippen LogP contribution in [0.1, 0.15) is 5.56 Å². The first-order chi connectivity index (χ1) is 7.24. The number of esters is 1. The molecule has 0 spiro atoms. The molecular weight excluding hydrogens is 212 g/mol. The summed E-state index contributed by atoms with van der Waals surface area (Å²) in [6.45, 7) is 0.213. The topological polar surface area (TPSA) is 46.5 Å². The van der Waals surface area contributed by atoms with Crippen molar-refractivity contribution < 1.29 is 14.6 Å². The molecule has 1 rings (SSSR count). The Hall–Kier alpha value is -1.00. The summed E-state index contributed by atoms with van der Waals surface area (Å²) < 4.78 is 4.94. The standard InChI is InChI=1S/C11H14O3S/c1-15-8-10(12)11(13)14-7-9-5-3-2-4-6-9/h2-6,10,12H,7-8H2,1H3/t10-/m1/s1. The molecule has 0 aliphatic carbocycles. The predicted molar refractivity (Wildman–Crippen MR) is 60.6 cm³/mol. The quantitative estimate of drug-likeness (QED) is 0.772. The van der Waals surface area contributed by atoms with E-state index in [9.17, 15) is 9.90 Å². The number of thioether (sulfide) groups is 1. The molecule has 1 N–H and O–H groups in total. The molecule has 1 aromatic rings. The molecule has 15 heavy (non-hydrogen) atoms. The number of carbonyl (C=O) groups excluding carboxylic acids is 1. The Balaban J connectivity index is 2.34. The molecule has 4 heteroatoms. The number of hydrogen-bond acceptors (Lipinski definition) is 4. The lowest BCUT2D eigenvalue weighted by Crippen LogP contribution is -2.25. The Kier molecular flexibility index (Phi) is 5.21. The van der Waals surface area contributed by atoms with E-state index >= 15 is 0 Å². The van der Waals surface area contributed by atoms with Gasteiger partial charge in [0.25, 0.3) is 0 Å². The smallest absolute Gasteiger partial charge is 0.336 e. The lowest BCUT2D eigenvalue weighted by Gasteiger charge is -2.09. The van der Waals surface area contributed by atoms with Gasteiger partial charge >= 0.3 is 5.97 Å². The molecule has 0 saturated heterocycles. The average Bonchev–Trinajstić information content (AvgIpc) is 2.27. The number of carbonyl (C=O) groups is 1. The summed E-state index contributed by atoms with van der Waals surface area (Å²) in [6.07, 6.45) is 0.803. The van der Waals surface area contributed by atoms with Crippen LogP contribution in [0.3, 0.4) is 0 Å². The van der Waals surface area contributed by atoms with Crippen molar-refractivity contribution in [3.63, 3.8) is 0 Å². The Morgan fingerprint density at radius 3 is 2.73 bits per heavy atom. The second kappa shape index (κ2) is 6.48. The molecule has 0 heterocycles. The predicted octanol–water partition coefficient (Wildman–Crippen LogP) is 1.45. The van der Waals surface area contributed by atoms with Crippen LogP contribution in [0, 0.1) is 0 Å². The van der Waals surface area contributed by atoms with E-state index in [0.29, 0.717) is 5.75 Å². The minimum atomic E-state index is -1.02. The van der Waals surface area contributed by atoms with Gasteiger partial charge in [-0.3, -0.25) is 0 Å². The fourth-order valence-electron chi connectivity index (χ4n) is 1.05. The normalized spacial score (nSPS) is 12.1. The maximum Gasteiger partial charge on any atom is 0.336 e. The van der Waals surface area contributed by atoms with Crippen LogP contribution in [0.2, 0.25) is 0 Å². The van der Waals surface area contributed by atoms with Crippen molar-refractivity contribution in [2.24, 2.45) is 0 Å². The van der Waals surface area contributed by atoms with E-state index < -0.39 is 12.1 Å². The highest BCUT2D eigenvalue weighted by molar-refractivity contribution is 7.98. The molecule has 0 saturated carbocycles. The average molecular weight is 226 g/mol. The molecule has 0 aliphatic heterocycles. The molecule has 82 valence electrons. The van der Waals surface area contributed by atoms with Crippen molar-refractivity contribution in [2.45, 2.75) is 12.7 Å². The van der Waals surface area contributed by atoms with Crippen molar-refractivity contribution in [2.75, 3.05) is 12.0 Å². The highest BCUT2D eigenvalue weighted by Gasteiger charge is 2.15. The van der Waals surface area contributed by atoms with E-state index in [1.807, 2.05) is 36.6 Å². The molecule has 1 aromatic carbocycles. The molecule has 0 fully saturated rings. The van der Waals surface area contributed by atoms with Crippen LogP contribution in [0.4, 0.5) is 0 Å². The van der Waals surface area contributed by atoms with Gasteiger partial charge < -0.3 is 9.84 Å². The van der Waals surface area contributed by atoms with Crippen molar-refractivity contribution in [1.29, 1.82) is 0 Å². The molecule has 0 aliphatic rings. The molecule has 0 aromatic heterocycles. The Morgan fingerprint density at radius 2 is 2.13 bits per heavy atom. The van der Waals surface area contributed by atoms with Crippen LogP contribution in [0.5, 0.6) is 0 Å². The summed E-state index contributed by atoms with van der Waals surface area (Å²) in [7, 11) is 0. The molecule has 1 atom stereocenters.